The number of hydrogen-bond acceptors (Lipinski definition) is 5. The normalized spacial score (nSPS) is 10.4. The minimum absolute atomic E-state index is 0.0413. The summed E-state index contributed by atoms with van der Waals surface area (Å²) < 4.78 is 10.3. The van der Waals surface area contributed by atoms with Crippen molar-refractivity contribution in [3.8, 4) is 5.75 Å². The van der Waals surface area contributed by atoms with Crippen LogP contribution in [-0.2, 0) is 14.3 Å². The molecule has 0 aliphatic rings. The molecule has 0 aromatic heterocycles. The SMILES string of the molecule is CCCCCCCCOC(=O)CCC(=O)Oc1ccc(SC)cc1. The summed E-state index contributed by atoms with van der Waals surface area (Å²) in [5.74, 6) is -0.250. The summed E-state index contributed by atoms with van der Waals surface area (Å²) in [5.41, 5.74) is 0. The molecule has 0 saturated carbocycles. The van der Waals surface area contributed by atoms with Gasteiger partial charge in [-0.3, -0.25) is 9.59 Å². The van der Waals surface area contributed by atoms with Crippen molar-refractivity contribution in [2.75, 3.05) is 12.9 Å². The molecule has 5 heteroatoms. The van der Waals surface area contributed by atoms with Gasteiger partial charge in [0.1, 0.15) is 5.75 Å². The molecule has 0 aliphatic carbocycles. The van der Waals surface area contributed by atoms with E-state index in [1.54, 1.807) is 23.9 Å². The van der Waals surface area contributed by atoms with Gasteiger partial charge >= 0.3 is 11.9 Å². The van der Waals surface area contributed by atoms with Crippen LogP contribution in [0.4, 0.5) is 0 Å². The lowest BCUT2D eigenvalue weighted by molar-refractivity contribution is -0.147. The lowest BCUT2D eigenvalue weighted by atomic mass is 10.1. The molecule has 4 nitrogen and oxygen atoms in total. The van der Waals surface area contributed by atoms with E-state index >= 15 is 0 Å². The van der Waals surface area contributed by atoms with Gasteiger partial charge in [0.2, 0.25) is 0 Å². The predicted octanol–water partition coefficient (Wildman–Crippen LogP) is 5.00. The molecule has 0 bridgehead atoms. The zero-order valence-electron chi connectivity index (χ0n) is 14.7. The fourth-order valence-corrected chi connectivity index (χ4v) is 2.58. The van der Waals surface area contributed by atoms with E-state index in [1.807, 2.05) is 18.4 Å². The van der Waals surface area contributed by atoms with Crippen molar-refractivity contribution in [2.24, 2.45) is 0 Å². The summed E-state index contributed by atoms with van der Waals surface area (Å²) >= 11 is 1.62. The van der Waals surface area contributed by atoms with Crippen LogP contribution in [0.5, 0.6) is 5.75 Å². The molecule has 0 fully saturated rings. The topological polar surface area (TPSA) is 52.6 Å². The largest absolute Gasteiger partial charge is 0.466 e. The smallest absolute Gasteiger partial charge is 0.311 e. The van der Waals surface area contributed by atoms with Gasteiger partial charge in [0.25, 0.3) is 0 Å². The molecule has 0 amide bonds. The fraction of sp³-hybridized carbons (Fsp3) is 0.579. The molecule has 1 aromatic carbocycles. The number of hydrogen-bond donors (Lipinski definition) is 0. The van der Waals surface area contributed by atoms with Crippen LogP contribution >= 0.6 is 11.8 Å². The summed E-state index contributed by atoms with van der Waals surface area (Å²) in [7, 11) is 0. The van der Waals surface area contributed by atoms with Crippen LogP contribution in [-0.4, -0.2) is 24.8 Å². The maximum atomic E-state index is 11.7. The molecule has 0 radical (unpaired) electrons. The molecule has 1 aromatic rings. The zero-order valence-corrected chi connectivity index (χ0v) is 15.5. The number of unbranched alkanes of at least 4 members (excludes halogenated alkanes) is 5. The van der Waals surface area contributed by atoms with Crippen molar-refractivity contribution < 1.29 is 19.1 Å². The van der Waals surface area contributed by atoms with Gasteiger partial charge in [-0.15, -0.1) is 11.8 Å². The van der Waals surface area contributed by atoms with Crippen LogP contribution in [0.3, 0.4) is 0 Å². The zero-order chi connectivity index (χ0) is 17.6. The maximum absolute atomic E-state index is 11.7. The summed E-state index contributed by atoms with van der Waals surface area (Å²) in [6.45, 7) is 2.63. The van der Waals surface area contributed by atoms with Crippen LogP contribution in [0.25, 0.3) is 0 Å². The third-order valence-electron chi connectivity index (χ3n) is 3.59. The van der Waals surface area contributed by atoms with Crippen LogP contribution in [0.1, 0.15) is 58.3 Å². The van der Waals surface area contributed by atoms with E-state index in [-0.39, 0.29) is 18.8 Å². The van der Waals surface area contributed by atoms with E-state index in [2.05, 4.69) is 6.92 Å². The Labute approximate surface area is 149 Å². The summed E-state index contributed by atoms with van der Waals surface area (Å²) in [6.07, 6.45) is 8.99. The predicted molar refractivity (Wildman–Crippen MR) is 97.4 cm³/mol. The number of benzene rings is 1. The minimum atomic E-state index is -0.414. The number of ether oxygens (including phenoxy) is 2. The van der Waals surface area contributed by atoms with Gasteiger partial charge in [0.15, 0.2) is 0 Å². The number of carbonyl (C=O) groups is 2. The van der Waals surface area contributed by atoms with Crippen molar-refractivity contribution in [2.45, 2.75) is 63.2 Å². The number of carbonyl (C=O) groups excluding carboxylic acids is 2. The van der Waals surface area contributed by atoms with E-state index in [1.165, 1.54) is 25.7 Å². The first-order valence-corrected chi connectivity index (χ1v) is 9.88. The highest BCUT2D eigenvalue weighted by atomic mass is 32.2. The van der Waals surface area contributed by atoms with Crippen LogP contribution in [0.2, 0.25) is 0 Å². The van der Waals surface area contributed by atoms with E-state index < -0.39 is 5.97 Å². The number of thioether (sulfide) groups is 1. The highest BCUT2D eigenvalue weighted by Gasteiger charge is 2.10. The van der Waals surface area contributed by atoms with E-state index in [9.17, 15) is 9.59 Å². The van der Waals surface area contributed by atoms with Gasteiger partial charge < -0.3 is 9.47 Å². The quantitative estimate of drug-likeness (QED) is 0.229. The molecule has 24 heavy (non-hydrogen) atoms. The Morgan fingerprint density at radius 2 is 1.54 bits per heavy atom. The number of esters is 2. The monoisotopic (exact) mass is 352 g/mol. The first kappa shape index (κ1) is 20.6. The molecule has 0 spiro atoms. The molecule has 0 heterocycles. The molecule has 1 rings (SSSR count). The second kappa shape index (κ2) is 12.9. The van der Waals surface area contributed by atoms with E-state index in [0.717, 1.165) is 17.7 Å². The average Bonchev–Trinajstić information content (AvgIpc) is 2.60. The van der Waals surface area contributed by atoms with Crippen molar-refractivity contribution in [1.29, 1.82) is 0 Å². The lowest BCUT2D eigenvalue weighted by Gasteiger charge is -2.06. The molecule has 0 saturated heterocycles. The highest BCUT2D eigenvalue weighted by molar-refractivity contribution is 7.98. The van der Waals surface area contributed by atoms with Crippen molar-refractivity contribution in [3.05, 3.63) is 24.3 Å². The van der Waals surface area contributed by atoms with Crippen molar-refractivity contribution in [1.82, 2.24) is 0 Å². The second-order valence-corrected chi connectivity index (χ2v) is 6.52. The molecule has 0 N–H and O–H groups in total. The second-order valence-electron chi connectivity index (χ2n) is 5.64. The molecule has 0 unspecified atom stereocenters. The molecular formula is C19H28O4S. The third kappa shape index (κ3) is 9.60. The highest BCUT2D eigenvalue weighted by Crippen LogP contribution is 2.19. The Morgan fingerprint density at radius 3 is 2.21 bits per heavy atom. The van der Waals surface area contributed by atoms with Crippen LogP contribution in [0.15, 0.2) is 29.2 Å². The van der Waals surface area contributed by atoms with Crippen LogP contribution < -0.4 is 4.74 Å². The van der Waals surface area contributed by atoms with Crippen LogP contribution in [0, 0.1) is 0 Å². The first-order valence-electron chi connectivity index (χ1n) is 8.66. The van der Waals surface area contributed by atoms with Gasteiger partial charge in [-0.05, 0) is 36.9 Å². The summed E-state index contributed by atoms with van der Waals surface area (Å²) in [5, 5.41) is 0. The Bertz CT molecular complexity index is 485. The summed E-state index contributed by atoms with van der Waals surface area (Å²) in [4.78, 5) is 24.4. The lowest BCUT2D eigenvalue weighted by Crippen LogP contribution is -2.12. The van der Waals surface area contributed by atoms with Gasteiger partial charge in [-0.25, -0.2) is 0 Å². The molecule has 0 atom stereocenters. The Hall–Kier alpha value is -1.49. The Morgan fingerprint density at radius 1 is 0.917 bits per heavy atom. The first-order chi connectivity index (χ1) is 11.7. The van der Waals surface area contributed by atoms with Gasteiger partial charge in [0, 0.05) is 4.90 Å². The standard InChI is InChI=1S/C19H28O4S/c1-3-4-5-6-7-8-15-22-18(20)13-14-19(21)23-16-9-11-17(24-2)12-10-16/h9-12H,3-8,13-15H2,1-2H3. The summed E-state index contributed by atoms with van der Waals surface area (Å²) in [6, 6.07) is 7.28. The average molecular weight is 352 g/mol. The minimum Gasteiger partial charge on any atom is -0.466 e. The molecule has 0 aliphatic heterocycles. The maximum Gasteiger partial charge on any atom is 0.311 e. The van der Waals surface area contributed by atoms with Crippen molar-refractivity contribution >= 4 is 23.7 Å². The molecular weight excluding hydrogens is 324 g/mol. The number of rotatable bonds is 12. The Kier molecular flexibility index (Phi) is 11.0. The van der Waals surface area contributed by atoms with Gasteiger partial charge in [0.05, 0.1) is 19.4 Å². The fourth-order valence-electron chi connectivity index (χ4n) is 2.17. The van der Waals surface area contributed by atoms with E-state index in [4.69, 9.17) is 9.47 Å². The van der Waals surface area contributed by atoms with E-state index in [0.29, 0.717) is 12.4 Å². The van der Waals surface area contributed by atoms with Gasteiger partial charge in [-0.1, -0.05) is 39.0 Å². The third-order valence-corrected chi connectivity index (χ3v) is 4.33. The van der Waals surface area contributed by atoms with Crippen molar-refractivity contribution in [3.63, 3.8) is 0 Å². The Balaban J connectivity index is 2.09. The van der Waals surface area contributed by atoms with Gasteiger partial charge in [-0.2, -0.15) is 0 Å². The molecule has 134 valence electrons.